The van der Waals surface area contributed by atoms with Crippen LogP contribution in [0.1, 0.15) is 44.6 Å². The molecule has 4 atom stereocenters. The van der Waals surface area contributed by atoms with Crippen molar-refractivity contribution >= 4 is 44.9 Å². The van der Waals surface area contributed by atoms with Gasteiger partial charge < -0.3 is 5.32 Å². The van der Waals surface area contributed by atoms with Gasteiger partial charge >= 0.3 is 0 Å². The molecule has 2 aliphatic heterocycles. The highest BCUT2D eigenvalue weighted by atomic mass is 79.9. The summed E-state index contributed by atoms with van der Waals surface area (Å²) in [5, 5.41) is 7.33. The molecule has 4 aromatic carbocycles. The van der Waals surface area contributed by atoms with Crippen LogP contribution in [-0.2, 0) is 10.3 Å². The maximum atomic E-state index is 14.5. The fourth-order valence-electron chi connectivity index (χ4n) is 5.91. The molecule has 2 heterocycles. The number of nitrogens with one attached hydrogen (secondary N) is 2. The van der Waals surface area contributed by atoms with E-state index in [1.165, 1.54) is 0 Å². The molecule has 0 aliphatic carbocycles. The minimum Gasteiger partial charge on any atom is -0.324 e. The van der Waals surface area contributed by atoms with Gasteiger partial charge in [0.25, 0.3) is 0 Å². The van der Waals surface area contributed by atoms with E-state index in [1.807, 2.05) is 43.3 Å². The number of carbonyl (C=O) groups excluding carboxylic acids is 2. The Morgan fingerprint density at radius 3 is 2.30 bits per heavy atom. The molecule has 4 aromatic rings. The lowest BCUT2D eigenvalue weighted by Crippen LogP contribution is -2.50. The predicted octanol–water partition coefficient (Wildman–Crippen LogP) is 7.19. The van der Waals surface area contributed by atoms with Crippen molar-refractivity contribution < 1.29 is 9.59 Å². The van der Waals surface area contributed by atoms with Crippen LogP contribution in [0.25, 0.3) is 0 Å². The number of ketones is 1. The van der Waals surface area contributed by atoms with Crippen LogP contribution in [0.5, 0.6) is 0 Å². The molecule has 4 nitrogen and oxygen atoms in total. The lowest BCUT2D eigenvalue weighted by atomic mass is 9.69. The van der Waals surface area contributed by atoms with Gasteiger partial charge in [-0.25, -0.2) is 0 Å². The average Bonchev–Trinajstić information content (AvgIpc) is 3.40. The molecule has 2 N–H and O–H groups in total. The van der Waals surface area contributed by atoms with E-state index in [9.17, 15) is 9.59 Å². The summed E-state index contributed by atoms with van der Waals surface area (Å²) < 4.78 is 0.844. The number of Topliss-reactive ketones (excluding diaryl/α,β-unsaturated/α-hetero) is 1. The van der Waals surface area contributed by atoms with Crippen molar-refractivity contribution in [3.8, 4) is 0 Å². The second kappa shape index (κ2) is 9.25. The Bertz CT molecular complexity index is 1500. The zero-order valence-electron chi connectivity index (χ0n) is 20.0. The quantitative estimate of drug-likeness (QED) is 0.255. The number of amides is 1. The number of benzene rings is 4. The van der Waals surface area contributed by atoms with Gasteiger partial charge in [-0.15, -0.1) is 0 Å². The van der Waals surface area contributed by atoms with Gasteiger partial charge in [-0.1, -0.05) is 87.7 Å². The van der Waals surface area contributed by atoms with Crippen LogP contribution in [-0.4, -0.2) is 11.7 Å². The standard InChI is InChI=1S/C31H24BrClN2O2/c1-18-7-9-19(10-8-18)26-27(29(36)21-11-14-23(33)15-12-21)31(35-28(26)20-5-3-2-4-6-20)24-17-22(32)13-16-25(24)34-30(31)37/h2-17,26-28,35H,1H3,(H,34,37)/t26-,27?,28+,31?/m0/s1. The van der Waals surface area contributed by atoms with Crippen molar-refractivity contribution in [1.29, 1.82) is 0 Å². The summed E-state index contributed by atoms with van der Waals surface area (Å²) in [4.78, 5) is 28.5. The van der Waals surface area contributed by atoms with Crippen LogP contribution in [0.2, 0.25) is 5.02 Å². The lowest BCUT2D eigenvalue weighted by molar-refractivity contribution is -0.122. The first kappa shape index (κ1) is 24.1. The van der Waals surface area contributed by atoms with E-state index in [1.54, 1.807) is 24.3 Å². The van der Waals surface area contributed by atoms with E-state index in [4.69, 9.17) is 11.6 Å². The summed E-state index contributed by atoms with van der Waals surface area (Å²) >= 11 is 9.74. The number of fused-ring (bicyclic) bond motifs is 2. The van der Waals surface area contributed by atoms with E-state index in [0.717, 1.165) is 26.7 Å². The first-order valence-corrected chi connectivity index (χ1v) is 13.4. The van der Waals surface area contributed by atoms with Crippen LogP contribution in [0.3, 0.4) is 0 Å². The highest BCUT2D eigenvalue weighted by molar-refractivity contribution is 9.10. The molecular formula is C31H24BrClN2O2. The molecule has 1 fully saturated rings. The molecule has 184 valence electrons. The third-order valence-corrected chi connectivity index (χ3v) is 8.36. The molecule has 1 spiro atoms. The van der Waals surface area contributed by atoms with Gasteiger partial charge in [0.15, 0.2) is 5.78 Å². The Morgan fingerprint density at radius 1 is 0.892 bits per heavy atom. The number of hydrogen-bond donors (Lipinski definition) is 2. The van der Waals surface area contributed by atoms with Gasteiger partial charge in [0.05, 0.1) is 5.92 Å². The molecule has 1 amide bonds. The van der Waals surface area contributed by atoms with Crippen LogP contribution in [0.4, 0.5) is 5.69 Å². The van der Waals surface area contributed by atoms with Gasteiger partial charge in [-0.05, 0) is 60.5 Å². The van der Waals surface area contributed by atoms with Crippen LogP contribution in [0.15, 0.2) is 102 Å². The molecule has 2 aliphatic rings. The second-order valence-corrected chi connectivity index (χ2v) is 11.1. The minimum absolute atomic E-state index is 0.101. The van der Waals surface area contributed by atoms with Gasteiger partial charge in [0.2, 0.25) is 5.91 Å². The molecule has 0 radical (unpaired) electrons. The maximum absolute atomic E-state index is 14.5. The Balaban J connectivity index is 1.63. The molecule has 0 bridgehead atoms. The SMILES string of the molecule is Cc1ccc([C@H]2C(C(=O)c3ccc(Cl)cc3)C3(N[C@@H]2c2ccccc2)C(=O)Nc2ccc(Br)cc23)cc1. The smallest absolute Gasteiger partial charge is 0.250 e. The maximum Gasteiger partial charge on any atom is 0.250 e. The fraction of sp³-hybridized carbons (Fsp3) is 0.161. The van der Waals surface area contributed by atoms with E-state index < -0.39 is 11.5 Å². The molecule has 6 heteroatoms. The fourth-order valence-corrected chi connectivity index (χ4v) is 6.40. The molecule has 6 rings (SSSR count). The van der Waals surface area contributed by atoms with Crippen molar-refractivity contribution in [2.24, 2.45) is 5.92 Å². The highest BCUT2D eigenvalue weighted by Crippen LogP contribution is 2.57. The number of anilines is 1. The van der Waals surface area contributed by atoms with Crippen molar-refractivity contribution in [3.05, 3.63) is 134 Å². The molecule has 0 saturated carbocycles. The largest absolute Gasteiger partial charge is 0.324 e. The van der Waals surface area contributed by atoms with E-state index >= 15 is 0 Å². The molecule has 2 unspecified atom stereocenters. The third kappa shape index (κ3) is 3.93. The van der Waals surface area contributed by atoms with Gasteiger partial charge in [0, 0.05) is 38.3 Å². The average molecular weight is 572 g/mol. The van der Waals surface area contributed by atoms with Crippen molar-refractivity contribution in [2.45, 2.75) is 24.4 Å². The number of halogens is 2. The zero-order valence-corrected chi connectivity index (χ0v) is 22.4. The van der Waals surface area contributed by atoms with Gasteiger partial charge in [-0.3, -0.25) is 14.9 Å². The molecule has 1 saturated heterocycles. The van der Waals surface area contributed by atoms with Crippen molar-refractivity contribution in [1.82, 2.24) is 5.32 Å². The highest BCUT2D eigenvalue weighted by Gasteiger charge is 2.64. The second-order valence-electron chi connectivity index (χ2n) is 9.77. The minimum atomic E-state index is -1.26. The Hall–Kier alpha value is -3.25. The van der Waals surface area contributed by atoms with Gasteiger partial charge in [0.1, 0.15) is 5.54 Å². The lowest BCUT2D eigenvalue weighted by Gasteiger charge is -2.31. The summed E-state index contributed by atoms with van der Waals surface area (Å²) in [7, 11) is 0. The number of hydrogen-bond acceptors (Lipinski definition) is 3. The topological polar surface area (TPSA) is 58.2 Å². The van der Waals surface area contributed by atoms with Crippen LogP contribution in [0, 0.1) is 12.8 Å². The zero-order chi connectivity index (χ0) is 25.7. The summed E-state index contributed by atoms with van der Waals surface area (Å²) in [5.74, 6) is -1.33. The number of carbonyl (C=O) groups is 2. The first-order chi connectivity index (χ1) is 17.9. The molecule has 0 aromatic heterocycles. The summed E-state index contributed by atoms with van der Waals surface area (Å²) in [6.45, 7) is 2.04. The Kier molecular flexibility index (Phi) is 6.03. The summed E-state index contributed by atoms with van der Waals surface area (Å²) in [5.41, 5.74) is 3.92. The third-order valence-electron chi connectivity index (χ3n) is 7.61. The Morgan fingerprint density at radius 2 is 1.59 bits per heavy atom. The van der Waals surface area contributed by atoms with E-state index in [-0.39, 0.29) is 23.7 Å². The first-order valence-electron chi connectivity index (χ1n) is 12.2. The van der Waals surface area contributed by atoms with Crippen molar-refractivity contribution in [2.75, 3.05) is 5.32 Å². The summed E-state index contributed by atoms with van der Waals surface area (Å²) in [6, 6.07) is 30.7. The van der Waals surface area contributed by atoms with E-state index in [2.05, 4.69) is 63.0 Å². The molecule has 37 heavy (non-hydrogen) atoms. The number of aryl methyl sites for hydroxylation is 1. The van der Waals surface area contributed by atoms with Crippen LogP contribution >= 0.6 is 27.5 Å². The molecular weight excluding hydrogens is 548 g/mol. The number of rotatable bonds is 4. The normalized spacial score (nSPS) is 24.2. The predicted molar refractivity (Wildman–Crippen MR) is 150 cm³/mol. The summed E-state index contributed by atoms with van der Waals surface area (Å²) in [6.07, 6.45) is 0. The van der Waals surface area contributed by atoms with Crippen LogP contribution < -0.4 is 10.6 Å². The van der Waals surface area contributed by atoms with E-state index in [0.29, 0.717) is 16.3 Å². The van der Waals surface area contributed by atoms with Crippen molar-refractivity contribution in [3.63, 3.8) is 0 Å². The Labute approximate surface area is 229 Å². The van der Waals surface area contributed by atoms with Gasteiger partial charge in [-0.2, -0.15) is 0 Å². The monoisotopic (exact) mass is 570 g/mol.